The molecule has 3 N–H and O–H groups in total. The van der Waals surface area contributed by atoms with Gasteiger partial charge in [0.25, 0.3) is 0 Å². The Balaban J connectivity index is 0.00000161. The van der Waals surface area contributed by atoms with E-state index < -0.39 is 0 Å². The van der Waals surface area contributed by atoms with E-state index in [1.807, 2.05) is 6.07 Å². The minimum Gasteiger partial charge on any atom is -0.399 e. The summed E-state index contributed by atoms with van der Waals surface area (Å²) in [5.41, 5.74) is 9.18. The second kappa shape index (κ2) is 6.27. The fourth-order valence-corrected chi connectivity index (χ4v) is 3.64. The van der Waals surface area contributed by atoms with Gasteiger partial charge in [-0.25, -0.2) is 0 Å². The Morgan fingerprint density at radius 2 is 2.14 bits per heavy atom. The highest BCUT2D eigenvalue weighted by molar-refractivity contribution is 5.85. The molecule has 0 bridgehead atoms. The first-order chi connectivity index (χ1) is 9.64. The predicted octanol–water partition coefficient (Wildman–Crippen LogP) is 3.76. The van der Waals surface area contributed by atoms with E-state index in [0.717, 1.165) is 44.2 Å². The van der Waals surface area contributed by atoms with Gasteiger partial charge in [0.2, 0.25) is 5.91 Å². The van der Waals surface area contributed by atoms with Crippen molar-refractivity contribution in [1.29, 1.82) is 0 Å². The summed E-state index contributed by atoms with van der Waals surface area (Å²) >= 11 is 0. The van der Waals surface area contributed by atoms with Crippen molar-refractivity contribution in [2.24, 2.45) is 5.41 Å². The fourth-order valence-electron chi connectivity index (χ4n) is 3.64. The third-order valence-corrected chi connectivity index (χ3v) is 5.26. The molecule has 21 heavy (non-hydrogen) atoms. The second-order valence-corrected chi connectivity index (χ2v) is 6.36. The summed E-state index contributed by atoms with van der Waals surface area (Å²) in [4.78, 5) is 12.6. The number of benzene rings is 1. The van der Waals surface area contributed by atoms with Crippen molar-refractivity contribution < 1.29 is 4.79 Å². The molecule has 0 saturated heterocycles. The van der Waals surface area contributed by atoms with Gasteiger partial charge < -0.3 is 11.1 Å². The minimum atomic E-state index is -0.0780. The zero-order valence-corrected chi connectivity index (χ0v) is 13.5. The van der Waals surface area contributed by atoms with Gasteiger partial charge in [-0.2, -0.15) is 0 Å². The molecule has 1 saturated carbocycles. The summed E-state index contributed by atoms with van der Waals surface area (Å²) in [7, 11) is 0. The number of amides is 1. The first-order valence-electron chi connectivity index (χ1n) is 7.84. The second-order valence-electron chi connectivity index (χ2n) is 6.36. The molecule has 1 unspecified atom stereocenters. The minimum absolute atomic E-state index is 0. The Hall–Kier alpha value is -1.22. The van der Waals surface area contributed by atoms with Crippen LogP contribution in [0.4, 0.5) is 5.69 Å². The van der Waals surface area contributed by atoms with Crippen molar-refractivity contribution in [2.45, 2.75) is 57.9 Å². The molecule has 3 nitrogen and oxygen atoms in total. The number of nitrogen functional groups attached to an aromatic ring is 1. The van der Waals surface area contributed by atoms with Crippen LogP contribution in [-0.4, -0.2) is 5.91 Å². The Bertz CT molecular complexity index is 520. The van der Waals surface area contributed by atoms with Gasteiger partial charge in [-0.05, 0) is 61.8 Å². The van der Waals surface area contributed by atoms with Crippen LogP contribution < -0.4 is 11.1 Å². The number of anilines is 1. The number of fused-ring (bicyclic) bond motifs is 1. The lowest BCUT2D eigenvalue weighted by Gasteiger charge is -2.41. The van der Waals surface area contributed by atoms with Gasteiger partial charge in [-0.15, -0.1) is 12.4 Å². The Kier molecular flexibility index (Phi) is 4.82. The molecule has 2 aliphatic carbocycles. The van der Waals surface area contributed by atoms with E-state index in [2.05, 4.69) is 24.4 Å². The average molecular weight is 309 g/mol. The van der Waals surface area contributed by atoms with Gasteiger partial charge in [0.1, 0.15) is 0 Å². The summed E-state index contributed by atoms with van der Waals surface area (Å²) in [6.07, 6.45) is 7.50. The highest BCUT2D eigenvalue weighted by Gasteiger charge is 2.43. The number of halogens is 1. The molecule has 1 aromatic rings. The van der Waals surface area contributed by atoms with E-state index in [0.29, 0.717) is 0 Å². The third kappa shape index (κ3) is 2.89. The summed E-state index contributed by atoms with van der Waals surface area (Å²) < 4.78 is 0. The normalized spacial score (nSPS) is 22.4. The SMILES string of the molecule is CCC1(C(=O)NC2CCCc3cc(N)ccc32)CCC1.Cl. The van der Waals surface area contributed by atoms with Crippen molar-refractivity contribution in [2.75, 3.05) is 5.73 Å². The molecule has 0 spiro atoms. The van der Waals surface area contributed by atoms with Crippen molar-refractivity contribution in [3.8, 4) is 0 Å². The molecule has 0 heterocycles. The molecule has 1 atom stereocenters. The number of hydrogen-bond acceptors (Lipinski definition) is 2. The number of aryl methyl sites for hydroxylation is 1. The van der Waals surface area contributed by atoms with E-state index in [1.165, 1.54) is 17.5 Å². The molecule has 4 heteroatoms. The first-order valence-corrected chi connectivity index (χ1v) is 7.84. The maximum Gasteiger partial charge on any atom is 0.226 e. The number of rotatable bonds is 3. The zero-order chi connectivity index (χ0) is 14.2. The van der Waals surface area contributed by atoms with Crippen LogP contribution in [0.2, 0.25) is 0 Å². The van der Waals surface area contributed by atoms with Crippen molar-refractivity contribution in [3.05, 3.63) is 29.3 Å². The lowest BCUT2D eigenvalue weighted by atomic mass is 9.66. The van der Waals surface area contributed by atoms with Gasteiger partial charge in [-0.1, -0.05) is 19.4 Å². The smallest absolute Gasteiger partial charge is 0.226 e. The van der Waals surface area contributed by atoms with Crippen LogP contribution in [0.1, 0.15) is 62.6 Å². The van der Waals surface area contributed by atoms with E-state index in [9.17, 15) is 4.79 Å². The molecule has 0 aromatic heterocycles. The number of nitrogens with two attached hydrogens (primary N) is 1. The van der Waals surface area contributed by atoms with E-state index in [1.54, 1.807) is 0 Å². The van der Waals surface area contributed by atoms with Crippen LogP contribution in [-0.2, 0) is 11.2 Å². The first kappa shape index (κ1) is 16.2. The van der Waals surface area contributed by atoms with Gasteiger partial charge in [-0.3, -0.25) is 4.79 Å². The highest BCUT2D eigenvalue weighted by Crippen LogP contribution is 2.44. The van der Waals surface area contributed by atoms with Crippen LogP contribution in [0.25, 0.3) is 0 Å². The Morgan fingerprint density at radius 3 is 2.76 bits per heavy atom. The largest absolute Gasteiger partial charge is 0.399 e. The molecule has 0 aliphatic heterocycles. The number of carbonyl (C=O) groups is 1. The topological polar surface area (TPSA) is 55.1 Å². The van der Waals surface area contributed by atoms with E-state index >= 15 is 0 Å². The molecule has 1 amide bonds. The third-order valence-electron chi connectivity index (χ3n) is 5.26. The summed E-state index contributed by atoms with van der Waals surface area (Å²) in [5.74, 6) is 0.265. The van der Waals surface area contributed by atoms with Gasteiger partial charge >= 0.3 is 0 Å². The van der Waals surface area contributed by atoms with Crippen LogP contribution in [0, 0.1) is 5.41 Å². The Labute approximate surface area is 133 Å². The molecule has 1 fully saturated rings. The molecular formula is C17H25ClN2O. The standard InChI is InChI=1S/C17H24N2O.ClH/c1-2-17(9-4-10-17)16(20)19-15-6-3-5-12-11-13(18)7-8-14(12)15;/h7-8,11,15H,2-6,9-10,18H2,1H3,(H,19,20);1H. The fraction of sp³-hybridized carbons (Fsp3) is 0.588. The van der Waals surface area contributed by atoms with Crippen LogP contribution in [0.5, 0.6) is 0 Å². The molecule has 0 radical (unpaired) electrons. The lowest BCUT2D eigenvalue weighted by molar-refractivity contribution is -0.137. The summed E-state index contributed by atoms with van der Waals surface area (Å²) in [6.45, 7) is 2.13. The number of hydrogen-bond donors (Lipinski definition) is 2. The summed E-state index contributed by atoms with van der Waals surface area (Å²) in [5, 5.41) is 3.31. The van der Waals surface area contributed by atoms with E-state index in [-0.39, 0.29) is 29.8 Å². The molecule has 3 rings (SSSR count). The summed E-state index contributed by atoms with van der Waals surface area (Å²) in [6, 6.07) is 6.28. The van der Waals surface area contributed by atoms with Gasteiger partial charge in [0.05, 0.1) is 6.04 Å². The Morgan fingerprint density at radius 1 is 1.38 bits per heavy atom. The predicted molar refractivity (Wildman–Crippen MR) is 88.5 cm³/mol. The van der Waals surface area contributed by atoms with Crippen molar-refractivity contribution >= 4 is 24.0 Å². The monoisotopic (exact) mass is 308 g/mol. The number of nitrogens with one attached hydrogen (secondary N) is 1. The maximum absolute atomic E-state index is 12.6. The highest BCUT2D eigenvalue weighted by atomic mass is 35.5. The van der Waals surface area contributed by atoms with Crippen molar-refractivity contribution in [1.82, 2.24) is 5.32 Å². The van der Waals surface area contributed by atoms with Gasteiger partial charge in [0, 0.05) is 11.1 Å². The van der Waals surface area contributed by atoms with Crippen LogP contribution in [0.15, 0.2) is 18.2 Å². The van der Waals surface area contributed by atoms with Gasteiger partial charge in [0.15, 0.2) is 0 Å². The average Bonchev–Trinajstić information content (AvgIpc) is 2.38. The number of carbonyl (C=O) groups excluding carboxylic acids is 1. The quantitative estimate of drug-likeness (QED) is 0.835. The lowest BCUT2D eigenvalue weighted by Crippen LogP contribution is -2.46. The molecule has 1 aromatic carbocycles. The maximum atomic E-state index is 12.6. The molecular weight excluding hydrogens is 284 g/mol. The van der Waals surface area contributed by atoms with E-state index in [4.69, 9.17) is 5.73 Å². The van der Waals surface area contributed by atoms with Crippen LogP contribution >= 0.6 is 12.4 Å². The van der Waals surface area contributed by atoms with Crippen molar-refractivity contribution in [3.63, 3.8) is 0 Å². The van der Waals surface area contributed by atoms with Crippen LogP contribution in [0.3, 0.4) is 0 Å². The molecule has 2 aliphatic rings. The zero-order valence-electron chi connectivity index (χ0n) is 12.7. The molecule has 116 valence electrons.